The largest absolute Gasteiger partial charge is 0.309 e. The first-order valence-electron chi connectivity index (χ1n) is 22.5. The van der Waals surface area contributed by atoms with E-state index in [2.05, 4.69) is 241 Å². The van der Waals surface area contributed by atoms with E-state index in [-0.39, 0.29) is 0 Å². The molecule has 0 N–H and O–H groups in total. The predicted molar refractivity (Wildman–Crippen MR) is 276 cm³/mol. The van der Waals surface area contributed by atoms with E-state index in [1.165, 1.54) is 114 Å². The zero-order valence-corrected chi connectivity index (χ0v) is 36.2. The Morgan fingerprint density at radius 1 is 0.308 bits per heavy atom. The molecule has 0 bridgehead atoms. The first-order chi connectivity index (χ1) is 32.3. The van der Waals surface area contributed by atoms with E-state index in [9.17, 15) is 0 Å². The molecule has 2 heteroatoms. The van der Waals surface area contributed by atoms with Gasteiger partial charge in [0.1, 0.15) is 0 Å². The number of hydrogen-bond acceptors (Lipinski definition) is 2. The molecule has 65 heavy (non-hydrogen) atoms. The number of anilines is 3. The second-order valence-electron chi connectivity index (χ2n) is 17.5. The smallest absolute Gasteiger partial charge is 0.0726 e. The van der Waals surface area contributed by atoms with Crippen molar-refractivity contribution in [3.63, 3.8) is 0 Å². The molecule has 2 aliphatic rings. The maximum absolute atomic E-state index is 2.59. The van der Waals surface area contributed by atoms with E-state index in [0.717, 1.165) is 11.4 Å². The van der Waals surface area contributed by atoms with E-state index in [1.807, 2.05) is 11.3 Å². The minimum Gasteiger partial charge on any atom is -0.309 e. The van der Waals surface area contributed by atoms with E-state index < -0.39 is 5.41 Å². The van der Waals surface area contributed by atoms with Gasteiger partial charge in [0.2, 0.25) is 0 Å². The maximum atomic E-state index is 2.59. The van der Waals surface area contributed by atoms with Gasteiger partial charge in [-0.25, -0.2) is 0 Å². The van der Waals surface area contributed by atoms with E-state index in [4.69, 9.17) is 0 Å². The molecular weight excluding hydrogens is 803 g/mol. The minimum absolute atomic E-state index is 0.484. The van der Waals surface area contributed by atoms with Crippen LogP contribution in [0.25, 0.3) is 86.2 Å². The Labute approximate surface area is 381 Å². The monoisotopic (exact) mass is 841 g/mol. The van der Waals surface area contributed by atoms with Gasteiger partial charge in [-0.05, 0) is 114 Å². The van der Waals surface area contributed by atoms with Crippen molar-refractivity contribution in [2.24, 2.45) is 0 Å². The Morgan fingerprint density at radius 3 is 1.51 bits per heavy atom. The summed E-state index contributed by atoms with van der Waals surface area (Å²) in [5.41, 5.74) is 18.3. The van der Waals surface area contributed by atoms with Gasteiger partial charge < -0.3 is 4.90 Å². The van der Waals surface area contributed by atoms with Gasteiger partial charge in [0.05, 0.1) is 11.1 Å². The number of nitrogens with zero attached hydrogens (tertiary/aromatic N) is 1. The standard InChI is InChI=1S/C63H39NS/c1-2-18-40(19-3-1)41-20-16-21-42(38-41)64(43-36-37-49-48-26-10-14-33-56(48)63(57(49)39-43)54-31-12-8-24-46(54)47-25-9-13-32-55(47)63)62-51-28-7-5-23-45(51)44-22-4-6-27-50(44)61(62)53-30-17-35-59-60(53)52-29-11-15-34-58(52)65-59/h1-39H. The number of fused-ring (bicyclic) bond motifs is 16. The molecule has 1 aromatic heterocycles. The molecule has 0 radical (unpaired) electrons. The third-order valence-electron chi connectivity index (χ3n) is 14.3. The predicted octanol–water partition coefficient (Wildman–Crippen LogP) is 17.5. The molecule has 0 unspecified atom stereocenters. The second kappa shape index (κ2) is 14.0. The van der Waals surface area contributed by atoms with Gasteiger partial charge in [-0.15, -0.1) is 11.3 Å². The third kappa shape index (κ3) is 5.09. The summed E-state index contributed by atoms with van der Waals surface area (Å²) in [7, 11) is 0. The van der Waals surface area contributed by atoms with Crippen LogP contribution in [0.1, 0.15) is 22.3 Å². The fourth-order valence-electron chi connectivity index (χ4n) is 11.7. The van der Waals surface area contributed by atoms with Crippen LogP contribution in [-0.2, 0) is 5.41 Å². The molecule has 12 aromatic rings. The molecule has 302 valence electrons. The van der Waals surface area contributed by atoms with Crippen LogP contribution < -0.4 is 4.90 Å². The molecule has 0 fully saturated rings. The molecule has 0 aliphatic heterocycles. The summed E-state index contributed by atoms with van der Waals surface area (Å²) < 4.78 is 2.59. The van der Waals surface area contributed by atoms with Gasteiger partial charge in [0.25, 0.3) is 0 Å². The Kier molecular flexibility index (Phi) is 7.84. The highest BCUT2D eigenvalue weighted by Gasteiger charge is 2.51. The van der Waals surface area contributed by atoms with Crippen molar-refractivity contribution in [2.75, 3.05) is 4.90 Å². The summed E-state index contributed by atoms with van der Waals surface area (Å²) in [5, 5.41) is 7.51. The Balaban J connectivity index is 1.14. The van der Waals surface area contributed by atoms with Gasteiger partial charge in [-0.2, -0.15) is 0 Å². The maximum Gasteiger partial charge on any atom is 0.0726 e. The zero-order chi connectivity index (χ0) is 42.6. The summed E-state index contributed by atoms with van der Waals surface area (Å²) in [6.07, 6.45) is 0. The lowest BCUT2D eigenvalue weighted by Crippen LogP contribution is -2.26. The van der Waals surface area contributed by atoms with Crippen molar-refractivity contribution in [3.05, 3.63) is 259 Å². The summed E-state index contributed by atoms with van der Waals surface area (Å²) in [6.45, 7) is 0. The van der Waals surface area contributed by atoms with Crippen LogP contribution in [0.3, 0.4) is 0 Å². The highest BCUT2D eigenvalue weighted by molar-refractivity contribution is 7.26. The summed E-state index contributed by atoms with van der Waals surface area (Å²) in [6, 6.07) is 88.6. The fraction of sp³-hybridized carbons (Fsp3) is 0.0159. The first kappa shape index (κ1) is 36.4. The molecule has 0 atom stereocenters. The summed E-state index contributed by atoms with van der Waals surface area (Å²) >= 11 is 1.88. The lowest BCUT2D eigenvalue weighted by Gasteiger charge is -2.34. The van der Waals surface area contributed by atoms with Crippen molar-refractivity contribution in [3.8, 4) is 44.5 Å². The van der Waals surface area contributed by atoms with Crippen LogP contribution in [0, 0.1) is 0 Å². The lowest BCUT2D eigenvalue weighted by molar-refractivity contribution is 0.793. The molecule has 1 spiro atoms. The second-order valence-corrected chi connectivity index (χ2v) is 18.5. The van der Waals surface area contributed by atoms with Crippen molar-refractivity contribution in [1.29, 1.82) is 0 Å². The highest BCUT2D eigenvalue weighted by Crippen LogP contribution is 2.64. The van der Waals surface area contributed by atoms with Crippen LogP contribution in [0.4, 0.5) is 17.1 Å². The first-order valence-corrected chi connectivity index (χ1v) is 23.3. The van der Waals surface area contributed by atoms with Crippen molar-refractivity contribution in [1.82, 2.24) is 0 Å². The van der Waals surface area contributed by atoms with Crippen LogP contribution in [-0.4, -0.2) is 0 Å². The van der Waals surface area contributed by atoms with Crippen molar-refractivity contribution in [2.45, 2.75) is 5.41 Å². The minimum atomic E-state index is -0.484. The molecule has 0 amide bonds. The number of rotatable bonds is 5. The van der Waals surface area contributed by atoms with Crippen LogP contribution in [0.5, 0.6) is 0 Å². The Hall–Kier alpha value is -8.04. The number of benzene rings is 11. The summed E-state index contributed by atoms with van der Waals surface area (Å²) in [4.78, 5) is 2.59. The van der Waals surface area contributed by atoms with Gasteiger partial charge in [0, 0.05) is 42.5 Å². The van der Waals surface area contributed by atoms with E-state index in [1.54, 1.807) is 0 Å². The number of hydrogen-bond donors (Lipinski definition) is 0. The fourth-order valence-corrected chi connectivity index (χ4v) is 12.8. The van der Waals surface area contributed by atoms with Gasteiger partial charge in [-0.3, -0.25) is 0 Å². The average Bonchev–Trinajstić information content (AvgIpc) is 4.01. The SMILES string of the molecule is c1ccc(-c2cccc(N(c3ccc4c(c3)C3(c5ccccc5-c5ccccc53)c3ccccc3-4)c3c(-c4cccc5sc6ccccc6c45)c4ccccc4c4ccccc34)c2)cc1. The van der Waals surface area contributed by atoms with Crippen LogP contribution >= 0.6 is 11.3 Å². The molecule has 1 nitrogen and oxygen atoms in total. The number of thiophene rings is 1. The normalized spacial score (nSPS) is 13.0. The van der Waals surface area contributed by atoms with E-state index >= 15 is 0 Å². The van der Waals surface area contributed by atoms with Crippen LogP contribution in [0.15, 0.2) is 237 Å². The molecule has 0 saturated heterocycles. The Bertz CT molecular complexity index is 3850. The molecule has 0 saturated carbocycles. The summed E-state index contributed by atoms with van der Waals surface area (Å²) in [5.74, 6) is 0. The zero-order valence-electron chi connectivity index (χ0n) is 35.4. The third-order valence-corrected chi connectivity index (χ3v) is 15.4. The highest BCUT2D eigenvalue weighted by atomic mass is 32.1. The molecule has 14 rings (SSSR count). The Morgan fingerprint density at radius 2 is 0.800 bits per heavy atom. The van der Waals surface area contributed by atoms with Gasteiger partial charge in [-0.1, -0.05) is 200 Å². The van der Waals surface area contributed by atoms with Gasteiger partial charge >= 0.3 is 0 Å². The quantitative estimate of drug-likeness (QED) is 0.156. The molecule has 11 aromatic carbocycles. The van der Waals surface area contributed by atoms with Crippen molar-refractivity contribution < 1.29 is 0 Å². The average molecular weight is 842 g/mol. The van der Waals surface area contributed by atoms with Crippen molar-refractivity contribution >= 4 is 70.1 Å². The van der Waals surface area contributed by atoms with Gasteiger partial charge in [0.15, 0.2) is 0 Å². The lowest BCUT2D eigenvalue weighted by atomic mass is 9.70. The molecular formula is C63H39NS. The molecule has 2 aliphatic carbocycles. The molecule has 1 heterocycles. The van der Waals surface area contributed by atoms with E-state index in [0.29, 0.717) is 0 Å². The van der Waals surface area contributed by atoms with Crippen LogP contribution in [0.2, 0.25) is 0 Å². The topological polar surface area (TPSA) is 3.24 Å².